The van der Waals surface area contributed by atoms with Gasteiger partial charge in [-0.15, -0.1) is 0 Å². The Balaban J connectivity index is 1.88. The summed E-state index contributed by atoms with van der Waals surface area (Å²) in [5.41, 5.74) is 2.17. The van der Waals surface area contributed by atoms with Gasteiger partial charge in [0, 0.05) is 18.3 Å². The van der Waals surface area contributed by atoms with Crippen LogP contribution in [-0.2, 0) is 16.0 Å². The Morgan fingerprint density at radius 3 is 2.28 bits per heavy atom. The highest BCUT2D eigenvalue weighted by Gasteiger charge is 2.07. The molecule has 2 aromatic carbocycles. The van der Waals surface area contributed by atoms with E-state index < -0.39 is 0 Å². The first-order valence-electron chi connectivity index (χ1n) is 7.57. The lowest BCUT2D eigenvalue weighted by Crippen LogP contribution is -2.35. The molecule has 0 aliphatic rings. The Hall–Kier alpha value is -2.93. The van der Waals surface area contributed by atoms with Crippen molar-refractivity contribution in [2.45, 2.75) is 13.3 Å². The highest BCUT2D eigenvalue weighted by Crippen LogP contribution is 2.15. The molecule has 0 fully saturated rings. The van der Waals surface area contributed by atoms with Crippen LogP contribution in [0, 0.1) is 0 Å². The van der Waals surface area contributed by atoms with Gasteiger partial charge >= 0.3 is 0 Å². The van der Waals surface area contributed by atoms with Gasteiger partial charge in [-0.2, -0.15) is 0 Å². The first kappa shape index (κ1) is 18.4. The van der Waals surface area contributed by atoms with Crippen molar-refractivity contribution in [2.24, 2.45) is 0 Å². The van der Waals surface area contributed by atoms with Gasteiger partial charge in [0.05, 0.1) is 13.5 Å². The third kappa shape index (κ3) is 6.23. The van der Waals surface area contributed by atoms with E-state index in [2.05, 4.69) is 16.0 Å². The van der Waals surface area contributed by atoms with Crippen molar-refractivity contribution in [3.63, 3.8) is 0 Å². The van der Waals surface area contributed by atoms with E-state index in [-0.39, 0.29) is 23.3 Å². The van der Waals surface area contributed by atoms with E-state index in [1.807, 2.05) is 12.1 Å². The summed E-state index contributed by atoms with van der Waals surface area (Å²) < 4.78 is 5.08. The van der Waals surface area contributed by atoms with Crippen LogP contribution in [0.3, 0.4) is 0 Å². The largest absolute Gasteiger partial charge is 0.497 e. The zero-order valence-electron chi connectivity index (χ0n) is 14.0. The second kappa shape index (κ2) is 8.79. The van der Waals surface area contributed by atoms with Crippen LogP contribution in [0.2, 0.25) is 0 Å². The fourth-order valence-electron chi connectivity index (χ4n) is 2.14. The van der Waals surface area contributed by atoms with E-state index in [0.717, 1.165) is 11.3 Å². The summed E-state index contributed by atoms with van der Waals surface area (Å²) in [6.45, 7) is 1.43. The van der Waals surface area contributed by atoms with Crippen LogP contribution >= 0.6 is 12.2 Å². The fourth-order valence-corrected chi connectivity index (χ4v) is 2.37. The number of thiocarbonyl (C=S) groups is 1. The van der Waals surface area contributed by atoms with E-state index >= 15 is 0 Å². The second-order valence-electron chi connectivity index (χ2n) is 5.29. The zero-order chi connectivity index (χ0) is 18.2. The number of anilines is 2. The minimum atomic E-state index is -0.222. The van der Waals surface area contributed by atoms with Crippen LogP contribution in [0.5, 0.6) is 5.75 Å². The van der Waals surface area contributed by atoms with Gasteiger partial charge in [0.1, 0.15) is 5.75 Å². The summed E-state index contributed by atoms with van der Waals surface area (Å²) in [5, 5.41) is 8.42. The lowest BCUT2D eigenvalue weighted by molar-refractivity contribution is -0.119. The van der Waals surface area contributed by atoms with Crippen molar-refractivity contribution in [3.05, 3.63) is 54.1 Å². The van der Waals surface area contributed by atoms with E-state index in [1.54, 1.807) is 43.5 Å². The summed E-state index contributed by atoms with van der Waals surface area (Å²) in [6.07, 6.45) is 0.206. The summed E-state index contributed by atoms with van der Waals surface area (Å²) >= 11 is 5.15. The van der Waals surface area contributed by atoms with E-state index in [9.17, 15) is 9.59 Å². The number of carbonyl (C=O) groups excluding carboxylic acids is 2. The van der Waals surface area contributed by atoms with Crippen molar-refractivity contribution < 1.29 is 14.3 Å². The molecule has 0 saturated carbocycles. The minimum Gasteiger partial charge on any atom is -0.497 e. The molecule has 2 aromatic rings. The number of nitrogens with one attached hydrogen (secondary N) is 3. The summed E-state index contributed by atoms with van der Waals surface area (Å²) in [6, 6.07) is 14.3. The number of hydrogen-bond acceptors (Lipinski definition) is 4. The monoisotopic (exact) mass is 357 g/mol. The average Bonchev–Trinajstić information content (AvgIpc) is 2.55. The maximum Gasteiger partial charge on any atom is 0.230 e. The van der Waals surface area contributed by atoms with Crippen LogP contribution in [0.1, 0.15) is 12.5 Å². The first-order chi connectivity index (χ1) is 12.0. The van der Waals surface area contributed by atoms with Crippen molar-refractivity contribution in [1.82, 2.24) is 5.32 Å². The van der Waals surface area contributed by atoms with Crippen LogP contribution in [0.15, 0.2) is 48.5 Å². The third-order valence-electron chi connectivity index (χ3n) is 3.22. The molecule has 0 aliphatic heterocycles. The molecule has 6 nitrogen and oxygen atoms in total. The molecule has 0 bridgehead atoms. The SMILES string of the molecule is COc1ccc(CC(=O)NC(=S)Nc2cccc(NC(C)=O)c2)cc1. The molecule has 0 atom stereocenters. The standard InChI is InChI=1S/C18H19N3O3S/c1-12(22)19-14-4-3-5-15(11-14)20-18(25)21-17(23)10-13-6-8-16(24-2)9-7-13/h3-9,11H,10H2,1-2H3,(H,19,22)(H2,20,21,23,25). The molecular weight excluding hydrogens is 338 g/mol. The summed E-state index contributed by atoms with van der Waals surface area (Å²) in [7, 11) is 1.59. The Kier molecular flexibility index (Phi) is 6.47. The molecule has 0 radical (unpaired) electrons. The number of methoxy groups -OCH3 is 1. The Bertz CT molecular complexity index is 775. The molecular formula is C18H19N3O3S. The lowest BCUT2D eigenvalue weighted by Gasteiger charge is -2.11. The average molecular weight is 357 g/mol. The van der Waals surface area contributed by atoms with Gasteiger partial charge in [-0.25, -0.2) is 0 Å². The van der Waals surface area contributed by atoms with Crippen LogP contribution in [0.25, 0.3) is 0 Å². The molecule has 25 heavy (non-hydrogen) atoms. The van der Waals surface area contributed by atoms with E-state index in [1.165, 1.54) is 6.92 Å². The van der Waals surface area contributed by atoms with Crippen LogP contribution in [0.4, 0.5) is 11.4 Å². The highest BCUT2D eigenvalue weighted by atomic mass is 32.1. The molecule has 0 aliphatic carbocycles. The molecule has 0 spiro atoms. The number of amides is 2. The Morgan fingerprint density at radius 2 is 1.68 bits per heavy atom. The molecule has 7 heteroatoms. The van der Waals surface area contributed by atoms with Crippen LogP contribution < -0.4 is 20.7 Å². The maximum atomic E-state index is 12.1. The normalized spacial score (nSPS) is 9.84. The summed E-state index contributed by atoms with van der Waals surface area (Å²) in [5.74, 6) is 0.355. The lowest BCUT2D eigenvalue weighted by atomic mass is 10.1. The van der Waals surface area contributed by atoms with Gasteiger partial charge in [0.25, 0.3) is 0 Å². The first-order valence-corrected chi connectivity index (χ1v) is 7.98. The highest BCUT2D eigenvalue weighted by molar-refractivity contribution is 7.80. The molecule has 2 amide bonds. The second-order valence-corrected chi connectivity index (χ2v) is 5.70. The number of carbonyl (C=O) groups is 2. The molecule has 0 unspecified atom stereocenters. The number of benzene rings is 2. The van der Waals surface area contributed by atoms with Gasteiger partial charge in [0.15, 0.2) is 5.11 Å². The van der Waals surface area contributed by atoms with E-state index in [0.29, 0.717) is 11.4 Å². The topological polar surface area (TPSA) is 79.5 Å². The van der Waals surface area contributed by atoms with Crippen molar-refractivity contribution in [2.75, 3.05) is 17.7 Å². The van der Waals surface area contributed by atoms with Crippen LogP contribution in [-0.4, -0.2) is 24.0 Å². The predicted molar refractivity (Wildman–Crippen MR) is 102 cm³/mol. The van der Waals surface area contributed by atoms with Gasteiger partial charge in [-0.3, -0.25) is 9.59 Å². The van der Waals surface area contributed by atoms with E-state index in [4.69, 9.17) is 17.0 Å². The zero-order valence-corrected chi connectivity index (χ0v) is 14.8. The molecule has 0 aromatic heterocycles. The Labute approximate surface area is 151 Å². The number of rotatable bonds is 5. The molecule has 0 saturated heterocycles. The van der Waals surface area contributed by atoms with Gasteiger partial charge in [0.2, 0.25) is 11.8 Å². The summed E-state index contributed by atoms with van der Waals surface area (Å²) in [4.78, 5) is 23.1. The predicted octanol–water partition coefficient (Wildman–Crippen LogP) is 2.71. The molecule has 2 rings (SSSR count). The van der Waals surface area contributed by atoms with Crippen molar-refractivity contribution >= 4 is 40.5 Å². The fraction of sp³-hybridized carbons (Fsp3) is 0.167. The number of ether oxygens (including phenoxy) is 1. The quantitative estimate of drug-likeness (QED) is 0.717. The van der Waals surface area contributed by atoms with Crippen molar-refractivity contribution in [1.29, 1.82) is 0 Å². The Morgan fingerprint density at radius 1 is 1.04 bits per heavy atom. The minimum absolute atomic E-state index is 0.160. The number of hydrogen-bond donors (Lipinski definition) is 3. The molecule has 0 heterocycles. The van der Waals surface area contributed by atoms with Gasteiger partial charge < -0.3 is 20.7 Å². The third-order valence-corrected chi connectivity index (χ3v) is 3.42. The van der Waals surface area contributed by atoms with Crippen molar-refractivity contribution in [3.8, 4) is 5.75 Å². The van der Waals surface area contributed by atoms with Gasteiger partial charge in [-0.1, -0.05) is 18.2 Å². The molecule has 3 N–H and O–H groups in total. The molecule has 130 valence electrons. The smallest absolute Gasteiger partial charge is 0.230 e. The maximum absolute atomic E-state index is 12.1. The van der Waals surface area contributed by atoms with Gasteiger partial charge in [-0.05, 0) is 48.1 Å².